The molecule has 1 N–H and O–H groups in total. The van der Waals surface area contributed by atoms with E-state index >= 15 is 0 Å². The largest absolute Gasteiger partial charge is 0.478 e. The molecule has 1 heterocycles. The van der Waals surface area contributed by atoms with Crippen LogP contribution in [0.2, 0.25) is 0 Å². The highest BCUT2D eigenvalue weighted by Gasteiger charge is 2.05. The highest BCUT2D eigenvalue weighted by molar-refractivity contribution is 5.85. The van der Waals surface area contributed by atoms with Gasteiger partial charge in [-0.1, -0.05) is 12.1 Å². The van der Waals surface area contributed by atoms with Crippen LogP contribution in [-0.4, -0.2) is 22.6 Å². The summed E-state index contributed by atoms with van der Waals surface area (Å²) in [5.41, 5.74) is 3.20. The Hall–Kier alpha value is -2.62. The molecule has 0 spiro atoms. The first kappa shape index (κ1) is 14.8. The van der Waals surface area contributed by atoms with E-state index in [1.807, 2.05) is 36.4 Å². The number of carboxylic acid groups (broad SMARTS) is 1. The summed E-state index contributed by atoms with van der Waals surface area (Å²) in [4.78, 5) is 16.8. The van der Waals surface area contributed by atoms with E-state index in [1.165, 1.54) is 5.56 Å². The Balaban J connectivity index is 2.10. The standard InChI is InChI=1S/C17H18N2O2/c1-2-19(13-15-9-11-18-12-10-15)16-6-3-14(4-7-16)5-8-17(20)21/h3-12H,2,13H2,1H3,(H,20,21). The fourth-order valence-electron chi connectivity index (χ4n) is 2.06. The lowest BCUT2D eigenvalue weighted by atomic mass is 10.1. The van der Waals surface area contributed by atoms with E-state index in [-0.39, 0.29) is 0 Å². The van der Waals surface area contributed by atoms with Crippen LogP contribution in [0.25, 0.3) is 6.08 Å². The van der Waals surface area contributed by atoms with Gasteiger partial charge in [0.05, 0.1) is 0 Å². The minimum absolute atomic E-state index is 0.823. The first-order valence-corrected chi connectivity index (χ1v) is 6.84. The number of aromatic nitrogens is 1. The van der Waals surface area contributed by atoms with Gasteiger partial charge < -0.3 is 10.0 Å². The summed E-state index contributed by atoms with van der Waals surface area (Å²) >= 11 is 0. The van der Waals surface area contributed by atoms with Gasteiger partial charge in [-0.25, -0.2) is 4.79 Å². The number of hydrogen-bond acceptors (Lipinski definition) is 3. The van der Waals surface area contributed by atoms with Gasteiger partial charge in [0.25, 0.3) is 0 Å². The van der Waals surface area contributed by atoms with Crippen molar-refractivity contribution in [3.63, 3.8) is 0 Å². The van der Waals surface area contributed by atoms with Gasteiger partial charge in [-0.2, -0.15) is 0 Å². The fraction of sp³-hybridized carbons (Fsp3) is 0.176. The molecule has 2 rings (SSSR count). The van der Waals surface area contributed by atoms with Crippen molar-refractivity contribution in [2.75, 3.05) is 11.4 Å². The maximum atomic E-state index is 10.5. The average molecular weight is 282 g/mol. The number of carboxylic acids is 1. The molecule has 1 aromatic heterocycles. The Morgan fingerprint density at radius 1 is 1.19 bits per heavy atom. The van der Waals surface area contributed by atoms with Crippen LogP contribution in [0.15, 0.2) is 54.9 Å². The zero-order chi connectivity index (χ0) is 15.1. The minimum Gasteiger partial charge on any atom is -0.478 e. The van der Waals surface area contributed by atoms with E-state index in [0.717, 1.165) is 30.4 Å². The van der Waals surface area contributed by atoms with Crippen molar-refractivity contribution in [1.29, 1.82) is 0 Å². The van der Waals surface area contributed by atoms with Crippen LogP contribution in [0.4, 0.5) is 5.69 Å². The number of pyridine rings is 1. The molecule has 0 amide bonds. The Morgan fingerprint density at radius 3 is 2.43 bits per heavy atom. The van der Waals surface area contributed by atoms with E-state index in [0.29, 0.717) is 0 Å². The van der Waals surface area contributed by atoms with E-state index in [4.69, 9.17) is 5.11 Å². The monoisotopic (exact) mass is 282 g/mol. The van der Waals surface area contributed by atoms with E-state index in [1.54, 1.807) is 18.5 Å². The van der Waals surface area contributed by atoms with Gasteiger partial charge in [-0.15, -0.1) is 0 Å². The third-order valence-electron chi connectivity index (χ3n) is 3.18. The predicted octanol–water partition coefficient (Wildman–Crippen LogP) is 3.21. The summed E-state index contributed by atoms with van der Waals surface area (Å²) in [6.07, 6.45) is 6.32. The van der Waals surface area contributed by atoms with E-state index in [2.05, 4.69) is 16.8 Å². The van der Waals surface area contributed by atoms with Crippen molar-refractivity contribution in [2.45, 2.75) is 13.5 Å². The third kappa shape index (κ3) is 4.45. The number of hydrogen-bond donors (Lipinski definition) is 1. The Bertz CT molecular complexity index is 606. The van der Waals surface area contributed by atoms with Crippen LogP contribution in [0.3, 0.4) is 0 Å². The Morgan fingerprint density at radius 2 is 1.86 bits per heavy atom. The van der Waals surface area contributed by atoms with Crippen molar-refractivity contribution in [2.24, 2.45) is 0 Å². The molecule has 21 heavy (non-hydrogen) atoms. The Labute approximate surface area is 124 Å². The molecule has 0 saturated carbocycles. The summed E-state index contributed by atoms with van der Waals surface area (Å²) < 4.78 is 0. The van der Waals surface area contributed by atoms with Gasteiger partial charge in [-0.3, -0.25) is 4.98 Å². The molecule has 0 aliphatic heterocycles. The van der Waals surface area contributed by atoms with Crippen LogP contribution < -0.4 is 4.90 Å². The summed E-state index contributed by atoms with van der Waals surface area (Å²) in [5.74, 6) is -0.938. The first-order chi connectivity index (χ1) is 10.2. The molecule has 4 heteroatoms. The maximum absolute atomic E-state index is 10.5. The van der Waals surface area contributed by atoms with Gasteiger partial charge in [0, 0.05) is 37.2 Å². The second-order valence-electron chi connectivity index (χ2n) is 4.63. The van der Waals surface area contributed by atoms with Crippen LogP contribution in [0, 0.1) is 0 Å². The summed E-state index contributed by atoms with van der Waals surface area (Å²) in [6, 6.07) is 11.9. The van der Waals surface area contributed by atoms with Gasteiger partial charge >= 0.3 is 5.97 Å². The smallest absolute Gasteiger partial charge is 0.328 e. The van der Waals surface area contributed by atoms with Crippen LogP contribution in [0.1, 0.15) is 18.1 Å². The number of rotatable bonds is 6. The number of aliphatic carboxylic acids is 1. The summed E-state index contributed by atoms with van der Waals surface area (Å²) in [7, 11) is 0. The van der Waals surface area contributed by atoms with Crippen molar-refractivity contribution in [3.05, 3.63) is 66.0 Å². The molecule has 0 saturated heterocycles. The first-order valence-electron chi connectivity index (χ1n) is 6.84. The van der Waals surface area contributed by atoms with Gasteiger partial charge in [0.2, 0.25) is 0 Å². The molecule has 0 unspecified atom stereocenters. The van der Waals surface area contributed by atoms with Gasteiger partial charge in [0.15, 0.2) is 0 Å². The molecule has 1 aromatic carbocycles. The topological polar surface area (TPSA) is 53.4 Å². The zero-order valence-corrected chi connectivity index (χ0v) is 11.9. The molecule has 0 fully saturated rings. The molecular weight excluding hydrogens is 264 g/mol. The molecule has 0 aliphatic rings. The van der Waals surface area contributed by atoms with E-state index in [9.17, 15) is 4.79 Å². The minimum atomic E-state index is -0.938. The highest BCUT2D eigenvalue weighted by Crippen LogP contribution is 2.18. The summed E-state index contributed by atoms with van der Waals surface area (Å²) in [5, 5.41) is 8.62. The fourth-order valence-corrected chi connectivity index (χ4v) is 2.06. The van der Waals surface area contributed by atoms with Gasteiger partial charge in [-0.05, 0) is 48.4 Å². The Kier molecular flexibility index (Phi) is 5.10. The average Bonchev–Trinajstić information content (AvgIpc) is 2.52. The van der Waals surface area contributed by atoms with Crippen molar-refractivity contribution in [1.82, 2.24) is 4.98 Å². The number of anilines is 1. The maximum Gasteiger partial charge on any atom is 0.328 e. The van der Waals surface area contributed by atoms with Gasteiger partial charge in [0.1, 0.15) is 0 Å². The molecule has 4 nitrogen and oxygen atoms in total. The van der Waals surface area contributed by atoms with Crippen molar-refractivity contribution < 1.29 is 9.90 Å². The van der Waals surface area contributed by atoms with E-state index < -0.39 is 5.97 Å². The van der Waals surface area contributed by atoms with Crippen molar-refractivity contribution >= 4 is 17.7 Å². The lowest BCUT2D eigenvalue weighted by Gasteiger charge is -2.23. The number of benzene rings is 1. The molecule has 0 atom stereocenters. The van der Waals surface area contributed by atoms with Crippen LogP contribution in [0.5, 0.6) is 0 Å². The second kappa shape index (κ2) is 7.24. The molecule has 108 valence electrons. The van der Waals surface area contributed by atoms with Crippen molar-refractivity contribution in [3.8, 4) is 0 Å². The van der Waals surface area contributed by atoms with Crippen LogP contribution >= 0.6 is 0 Å². The molecule has 0 bridgehead atoms. The predicted molar refractivity (Wildman–Crippen MR) is 84.1 cm³/mol. The normalized spacial score (nSPS) is 10.7. The lowest BCUT2D eigenvalue weighted by Crippen LogP contribution is -2.21. The summed E-state index contributed by atoms with van der Waals surface area (Å²) in [6.45, 7) is 3.83. The zero-order valence-electron chi connectivity index (χ0n) is 11.9. The molecule has 0 radical (unpaired) electrons. The second-order valence-corrected chi connectivity index (χ2v) is 4.63. The molecule has 2 aromatic rings. The third-order valence-corrected chi connectivity index (χ3v) is 3.18. The number of carbonyl (C=O) groups is 1. The lowest BCUT2D eigenvalue weighted by molar-refractivity contribution is -0.131. The SMILES string of the molecule is CCN(Cc1ccncc1)c1ccc(C=CC(=O)O)cc1. The highest BCUT2D eigenvalue weighted by atomic mass is 16.4. The molecular formula is C17H18N2O2. The number of nitrogens with zero attached hydrogens (tertiary/aromatic N) is 2. The quantitative estimate of drug-likeness (QED) is 0.827. The molecule has 0 aliphatic carbocycles. The van der Waals surface area contributed by atoms with Crippen LogP contribution in [-0.2, 0) is 11.3 Å².